The van der Waals surface area contributed by atoms with Crippen LogP contribution in [0.4, 0.5) is 4.39 Å². The summed E-state index contributed by atoms with van der Waals surface area (Å²) in [5.41, 5.74) is 5.59. The predicted octanol–water partition coefficient (Wildman–Crippen LogP) is 3.82. The molecule has 144 valence electrons. The summed E-state index contributed by atoms with van der Waals surface area (Å²) in [5.74, 6) is -0.254. The van der Waals surface area contributed by atoms with E-state index in [2.05, 4.69) is 22.4 Å². The zero-order chi connectivity index (χ0) is 19.8. The molecule has 3 aromatic carbocycles. The number of aromatic nitrogens is 3. The van der Waals surface area contributed by atoms with Gasteiger partial charge in [-0.25, -0.2) is 9.07 Å². The molecule has 0 radical (unpaired) electrons. The Morgan fingerprint density at radius 2 is 1.79 bits per heavy atom. The van der Waals surface area contributed by atoms with Gasteiger partial charge in [-0.2, -0.15) is 0 Å². The standard InChI is InChI=1S/C23H19FN4O/c24-20-8-5-16(6-9-20)14-28-22-10-7-18(13-21(22)25-26-28)23(29)27-12-11-17-3-1-2-4-19(17)15-27/h1-10,13H,11-12,14-15H2. The van der Waals surface area contributed by atoms with Gasteiger partial charge in [-0.3, -0.25) is 4.79 Å². The molecule has 0 atom stereocenters. The number of hydrogen-bond donors (Lipinski definition) is 0. The molecule has 0 spiro atoms. The quantitative estimate of drug-likeness (QED) is 0.538. The largest absolute Gasteiger partial charge is 0.334 e. The van der Waals surface area contributed by atoms with E-state index in [1.807, 2.05) is 29.2 Å². The number of benzene rings is 3. The number of halogens is 1. The van der Waals surface area contributed by atoms with Crippen molar-refractivity contribution in [3.63, 3.8) is 0 Å². The fourth-order valence-electron chi connectivity index (χ4n) is 3.84. The minimum atomic E-state index is -0.263. The van der Waals surface area contributed by atoms with Crippen molar-refractivity contribution in [2.75, 3.05) is 6.54 Å². The van der Waals surface area contributed by atoms with Crippen LogP contribution in [0.2, 0.25) is 0 Å². The zero-order valence-corrected chi connectivity index (χ0v) is 15.8. The fourth-order valence-corrected chi connectivity index (χ4v) is 3.84. The average molecular weight is 386 g/mol. The van der Waals surface area contributed by atoms with Gasteiger partial charge in [0, 0.05) is 18.7 Å². The first-order valence-corrected chi connectivity index (χ1v) is 9.61. The number of rotatable bonds is 3. The Bertz CT molecular complexity index is 1200. The van der Waals surface area contributed by atoms with Crippen LogP contribution in [0, 0.1) is 5.82 Å². The van der Waals surface area contributed by atoms with Crippen LogP contribution in [0.25, 0.3) is 11.0 Å². The molecule has 29 heavy (non-hydrogen) atoms. The Balaban J connectivity index is 1.38. The van der Waals surface area contributed by atoms with E-state index in [9.17, 15) is 9.18 Å². The first-order valence-electron chi connectivity index (χ1n) is 9.61. The van der Waals surface area contributed by atoms with Gasteiger partial charge < -0.3 is 4.90 Å². The molecular formula is C23H19FN4O. The van der Waals surface area contributed by atoms with Crippen LogP contribution in [-0.2, 0) is 19.5 Å². The van der Waals surface area contributed by atoms with E-state index >= 15 is 0 Å². The van der Waals surface area contributed by atoms with Gasteiger partial charge in [0.05, 0.1) is 12.1 Å². The third-order valence-corrected chi connectivity index (χ3v) is 5.42. The third-order valence-electron chi connectivity index (χ3n) is 5.42. The Morgan fingerprint density at radius 3 is 2.62 bits per heavy atom. The number of hydrogen-bond acceptors (Lipinski definition) is 3. The molecule has 0 N–H and O–H groups in total. The second-order valence-corrected chi connectivity index (χ2v) is 7.32. The lowest BCUT2D eigenvalue weighted by Gasteiger charge is -2.29. The van der Waals surface area contributed by atoms with Gasteiger partial charge in [-0.05, 0) is 53.4 Å². The second-order valence-electron chi connectivity index (χ2n) is 7.32. The number of nitrogens with zero attached hydrogens (tertiary/aromatic N) is 4. The highest BCUT2D eigenvalue weighted by Crippen LogP contribution is 2.22. The highest BCUT2D eigenvalue weighted by Gasteiger charge is 2.22. The SMILES string of the molecule is O=C(c1ccc2c(c1)nnn2Cc1ccc(F)cc1)N1CCc2ccccc2C1. The molecule has 1 aromatic heterocycles. The highest BCUT2D eigenvalue weighted by molar-refractivity contribution is 5.97. The third kappa shape index (κ3) is 3.38. The van der Waals surface area contributed by atoms with Crippen molar-refractivity contribution in [3.8, 4) is 0 Å². The van der Waals surface area contributed by atoms with E-state index in [0.717, 1.165) is 17.5 Å². The summed E-state index contributed by atoms with van der Waals surface area (Å²) in [6, 6.07) is 20.1. The molecule has 0 bridgehead atoms. The highest BCUT2D eigenvalue weighted by atomic mass is 19.1. The maximum Gasteiger partial charge on any atom is 0.254 e. The maximum absolute atomic E-state index is 13.1. The molecule has 0 saturated carbocycles. The van der Waals surface area contributed by atoms with E-state index in [1.165, 1.54) is 23.3 Å². The Hall–Kier alpha value is -3.54. The topological polar surface area (TPSA) is 51.0 Å². The fraction of sp³-hybridized carbons (Fsp3) is 0.174. The lowest BCUT2D eigenvalue weighted by atomic mass is 9.99. The molecule has 0 fully saturated rings. The van der Waals surface area contributed by atoms with E-state index in [1.54, 1.807) is 22.9 Å². The molecule has 6 heteroatoms. The minimum Gasteiger partial charge on any atom is -0.334 e. The van der Waals surface area contributed by atoms with E-state index in [4.69, 9.17) is 0 Å². The van der Waals surface area contributed by atoms with Gasteiger partial charge in [-0.15, -0.1) is 5.10 Å². The average Bonchev–Trinajstić information content (AvgIpc) is 3.16. The molecule has 4 aromatic rings. The van der Waals surface area contributed by atoms with Gasteiger partial charge in [0.2, 0.25) is 0 Å². The number of carbonyl (C=O) groups excluding carboxylic acids is 1. The summed E-state index contributed by atoms with van der Waals surface area (Å²) in [6.07, 6.45) is 0.873. The van der Waals surface area contributed by atoms with Crippen molar-refractivity contribution >= 4 is 16.9 Å². The predicted molar refractivity (Wildman–Crippen MR) is 108 cm³/mol. The molecular weight excluding hydrogens is 367 g/mol. The number of fused-ring (bicyclic) bond motifs is 2. The van der Waals surface area contributed by atoms with Crippen molar-refractivity contribution in [2.24, 2.45) is 0 Å². The van der Waals surface area contributed by atoms with Crippen LogP contribution in [0.15, 0.2) is 66.7 Å². The smallest absolute Gasteiger partial charge is 0.254 e. The monoisotopic (exact) mass is 386 g/mol. The minimum absolute atomic E-state index is 0.00878. The summed E-state index contributed by atoms with van der Waals surface area (Å²) < 4.78 is 14.9. The molecule has 0 saturated heterocycles. The van der Waals surface area contributed by atoms with Gasteiger partial charge >= 0.3 is 0 Å². The Morgan fingerprint density at radius 1 is 1.00 bits per heavy atom. The lowest BCUT2D eigenvalue weighted by molar-refractivity contribution is 0.0735. The molecule has 5 nitrogen and oxygen atoms in total. The molecule has 0 aliphatic carbocycles. The van der Waals surface area contributed by atoms with Crippen LogP contribution in [0.1, 0.15) is 27.0 Å². The molecule has 1 aliphatic heterocycles. The molecule has 0 unspecified atom stereocenters. The van der Waals surface area contributed by atoms with Gasteiger partial charge in [-0.1, -0.05) is 41.6 Å². The van der Waals surface area contributed by atoms with Gasteiger partial charge in [0.1, 0.15) is 11.3 Å². The van der Waals surface area contributed by atoms with E-state index in [0.29, 0.717) is 30.7 Å². The zero-order valence-electron chi connectivity index (χ0n) is 15.8. The van der Waals surface area contributed by atoms with Crippen molar-refractivity contribution < 1.29 is 9.18 Å². The summed E-state index contributed by atoms with van der Waals surface area (Å²) in [4.78, 5) is 14.9. The van der Waals surface area contributed by atoms with E-state index < -0.39 is 0 Å². The normalized spacial score (nSPS) is 13.5. The van der Waals surface area contributed by atoms with Crippen molar-refractivity contribution in [2.45, 2.75) is 19.5 Å². The first kappa shape index (κ1) is 17.6. The lowest BCUT2D eigenvalue weighted by Crippen LogP contribution is -2.35. The number of carbonyl (C=O) groups is 1. The summed E-state index contributed by atoms with van der Waals surface area (Å²) in [7, 11) is 0. The van der Waals surface area contributed by atoms with Gasteiger partial charge in [0.25, 0.3) is 5.91 Å². The van der Waals surface area contributed by atoms with Crippen LogP contribution in [0.5, 0.6) is 0 Å². The second kappa shape index (κ2) is 7.13. The van der Waals surface area contributed by atoms with Crippen molar-refractivity contribution in [1.82, 2.24) is 19.9 Å². The molecule has 1 amide bonds. The van der Waals surface area contributed by atoms with Crippen LogP contribution < -0.4 is 0 Å². The number of amides is 1. The Labute approximate surface area is 167 Å². The van der Waals surface area contributed by atoms with Crippen LogP contribution in [0.3, 0.4) is 0 Å². The van der Waals surface area contributed by atoms with E-state index in [-0.39, 0.29) is 11.7 Å². The van der Waals surface area contributed by atoms with Gasteiger partial charge in [0.15, 0.2) is 0 Å². The molecule has 2 heterocycles. The van der Waals surface area contributed by atoms with Crippen LogP contribution in [-0.4, -0.2) is 32.3 Å². The molecule has 1 aliphatic rings. The van der Waals surface area contributed by atoms with Crippen LogP contribution >= 0.6 is 0 Å². The summed E-state index contributed by atoms with van der Waals surface area (Å²) in [6.45, 7) is 1.84. The summed E-state index contributed by atoms with van der Waals surface area (Å²) in [5, 5.41) is 8.43. The Kier molecular flexibility index (Phi) is 4.31. The maximum atomic E-state index is 13.1. The first-order chi connectivity index (χ1) is 14.2. The summed E-state index contributed by atoms with van der Waals surface area (Å²) >= 11 is 0. The van der Waals surface area contributed by atoms with Crippen molar-refractivity contribution in [1.29, 1.82) is 0 Å². The molecule has 5 rings (SSSR count). The van der Waals surface area contributed by atoms with Crippen molar-refractivity contribution in [3.05, 3.63) is 94.8 Å².